The van der Waals surface area contributed by atoms with Crippen molar-refractivity contribution in [2.24, 2.45) is 10.3 Å². The summed E-state index contributed by atoms with van der Waals surface area (Å²) >= 11 is 0. The molecular weight excluding hydrogens is 387 g/mol. The Balaban J connectivity index is 1.50. The summed E-state index contributed by atoms with van der Waals surface area (Å²) in [6, 6.07) is 12.1. The molecule has 2 aromatic rings. The lowest BCUT2D eigenvalue weighted by Crippen LogP contribution is -2.39. The summed E-state index contributed by atoms with van der Waals surface area (Å²) in [6.45, 7) is 2.16. The van der Waals surface area contributed by atoms with E-state index < -0.39 is 11.7 Å². The van der Waals surface area contributed by atoms with E-state index in [-0.39, 0.29) is 6.61 Å². The predicted octanol–water partition coefficient (Wildman–Crippen LogP) is 3.29. The van der Waals surface area contributed by atoms with E-state index in [1.54, 1.807) is 24.1 Å². The number of ether oxygens (including phenoxy) is 1. The van der Waals surface area contributed by atoms with Crippen LogP contribution in [0.15, 0.2) is 58.8 Å². The first-order valence-corrected chi connectivity index (χ1v) is 8.70. The van der Waals surface area contributed by atoms with Crippen molar-refractivity contribution in [2.45, 2.75) is 19.7 Å². The molecule has 7 nitrogen and oxygen atoms in total. The number of amidine groups is 1. The molecule has 29 heavy (non-hydrogen) atoms. The van der Waals surface area contributed by atoms with Gasteiger partial charge in [-0.05, 0) is 54.4 Å². The smallest absolute Gasteiger partial charge is 0.416 e. The number of halogens is 3. The Morgan fingerprint density at radius 1 is 1.07 bits per heavy atom. The number of oxime groups is 1. The third kappa shape index (κ3) is 5.61. The van der Waals surface area contributed by atoms with E-state index >= 15 is 0 Å². The summed E-state index contributed by atoms with van der Waals surface area (Å²) in [7, 11) is 1.82. The largest absolute Gasteiger partial charge is 0.486 e. The first kappa shape index (κ1) is 20.5. The highest BCUT2D eigenvalue weighted by atomic mass is 19.4. The van der Waals surface area contributed by atoms with Crippen molar-refractivity contribution in [1.82, 2.24) is 16.1 Å². The zero-order valence-electron chi connectivity index (χ0n) is 15.8. The Hall–Kier alpha value is -3.27. The fourth-order valence-electron chi connectivity index (χ4n) is 2.42. The van der Waals surface area contributed by atoms with Crippen LogP contribution < -0.4 is 15.8 Å². The van der Waals surface area contributed by atoms with E-state index in [2.05, 4.69) is 21.3 Å². The van der Waals surface area contributed by atoms with Gasteiger partial charge in [0.15, 0.2) is 5.84 Å². The molecule has 0 atom stereocenters. The van der Waals surface area contributed by atoms with Crippen molar-refractivity contribution in [3.8, 4) is 5.75 Å². The SMILES string of the molecule is C/C(=N\OCc1ccc(C(F)(F)F)cc1)c1ccc(OCC2=NNNN2C)cc1. The second-order valence-corrected chi connectivity index (χ2v) is 6.27. The Morgan fingerprint density at radius 2 is 1.76 bits per heavy atom. The maximum Gasteiger partial charge on any atom is 0.416 e. The fourth-order valence-corrected chi connectivity index (χ4v) is 2.42. The van der Waals surface area contributed by atoms with Crippen molar-refractivity contribution in [1.29, 1.82) is 0 Å². The standard InChI is InChI=1S/C19H20F3N5O2/c1-13(24-29-11-14-3-7-16(8-4-14)19(20,21)22)15-5-9-17(10-6-15)28-12-18-23-25-26-27(18)2/h3-10,25-26H,11-12H2,1-2H3/b24-13+. The molecule has 0 aliphatic carbocycles. The predicted molar refractivity (Wildman–Crippen MR) is 102 cm³/mol. The van der Waals surface area contributed by atoms with Crippen molar-refractivity contribution in [3.05, 3.63) is 65.2 Å². The number of hydrogen-bond donors (Lipinski definition) is 2. The second kappa shape index (κ2) is 8.82. The summed E-state index contributed by atoms with van der Waals surface area (Å²) in [6.07, 6.45) is -4.35. The molecule has 0 bridgehead atoms. The summed E-state index contributed by atoms with van der Waals surface area (Å²) in [5, 5.41) is 9.75. The van der Waals surface area contributed by atoms with Gasteiger partial charge in [0.25, 0.3) is 0 Å². The number of alkyl halides is 3. The number of nitrogens with one attached hydrogen (secondary N) is 2. The number of hydrazone groups is 1. The summed E-state index contributed by atoms with van der Waals surface area (Å²) < 4.78 is 43.4. The molecule has 0 amide bonds. The van der Waals surface area contributed by atoms with Gasteiger partial charge in [0.1, 0.15) is 19.0 Å². The average Bonchev–Trinajstić information content (AvgIpc) is 3.11. The molecule has 0 unspecified atom stereocenters. The lowest BCUT2D eigenvalue weighted by Gasteiger charge is -2.13. The molecule has 0 fully saturated rings. The lowest BCUT2D eigenvalue weighted by molar-refractivity contribution is -0.137. The highest BCUT2D eigenvalue weighted by Crippen LogP contribution is 2.29. The van der Waals surface area contributed by atoms with Gasteiger partial charge in [0, 0.05) is 7.05 Å². The minimum atomic E-state index is -4.35. The van der Waals surface area contributed by atoms with Crippen LogP contribution in [0.5, 0.6) is 5.75 Å². The third-order valence-corrected chi connectivity index (χ3v) is 4.14. The van der Waals surface area contributed by atoms with E-state index in [1.165, 1.54) is 12.1 Å². The van der Waals surface area contributed by atoms with E-state index in [1.807, 2.05) is 19.2 Å². The first-order valence-electron chi connectivity index (χ1n) is 8.70. The van der Waals surface area contributed by atoms with Crippen molar-refractivity contribution < 1.29 is 22.7 Å². The van der Waals surface area contributed by atoms with Crippen LogP contribution in [0.3, 0.4) is 0 Å². The van der Waals surface area contributed by atoms with E-state index in [9.17, 15) is 13.2 Å². The molecule has 3 rings (SSSR count). The maximum absolute atomic E-state index is 12.6. The van der Waals surface area contributed by atoms with Gasteiger partial charge < -0.3 is 9.57 Å². The van der Waals surface area contributed by atoms with Crippen molar-refractivity contribution >= 4 is 11.5 Å². The Bertz CT molecular complexity index is 880. The lowest BCUT2D eigenvalue weighted by atomic mass is 10.1. The monoisotopic (exact) mass is 407 g/mol. The molecule has 154 valence electrons. The number of hydrogen-bond acceptors (Lipinski definition) is 7. The molecule has 1 aliphatic rings. The molecule has 1 heterocycles. The van der Waals surface area contributed by atoms with E-state index in [0.29, 0.717) is 29.5 Å². The van der Waals surface area contributed by atoms with Crippen LogP contribution in [0.25, 0.3) is 0 Å². The molecule has 0 radical (unpaired) electrons. The van der Waals surface area contributed by atoms with Crippen LogP contribution >= 0.6 is 0 Å². The van der Waals surface area contributed by atoms with Crippen LogP contribution in [0.1, 0.15) is 23.6 Å². The number of nitrogens with zero attached hydrogens (tertiary/aromatic N) is 3. The van der Waals surface area contributed by atoms with Crippen LogP contribution in [0, 0.1) is 0 Å². The van der Waals surface area contributed by atoms with Gasteiger partial charge in [-0.25, -0.2) is 5.53 Å². The fraction of sp³-hybridized carbons (Fsp3) is 0.263. The number of hydrazine groups is 2. The van der Waals surface area contributed by atoms with Gasteiger partial charge in [0.05, 0.1) is 11.3 Å². The van der Waals surface area contributed by atoms with E-state index in [0.717, 1.165) is 17.7 Å². The third-order valence-electron chi connectivity index (χ3n) is 4.14. The van der Waals surface area contributed by atoms with Crippen LogP contribution in [0.4, 0.5) is 13.2 Å². The molecule has 0 aromatic heterocycles. The number of benzene rings is 2. The molecule has 2 aromatic carbocycles. The summed E-state index contributed by atoms with van der Waals surface area (Å²) in [5.74, 6) is 1.39. The van der Waals surface area contributed by atoms with Gasteiger partial charge in [-0.15, -0.1) is 10.6 Å². The zero-order chi connectivity index (χ0) is 20.9. The highest BCUT2D eigenvalue weighted by Gasteiger charge is 2.29. The molecule has 2 N–H and O–H groups in total. The molecule has 0 saturated carbocycles. The molecular formula is C19H20F3N5O2. The van der Waals surface area contributed by atoms with Gasteiger partial charge in [-0.2, -0.15) is 13.2 Å². The second-order valence-electron chi connectivity index (χ2n) is 6.27. The van der Waals surface area contributed by atoms with Gasteiger partial charge >= 0.3 is 6.18 Å². The minimum Gasteiger partial charge on any atom is -0.486 e. The van der Waals surface area contributed by atoms with Crippen LogP contribution in [0.2, 0.25) is 0 Å². The van der Waals surface area contributed by atoms with Gasteiger partial charge in [-0.3, -0.25) is 5.01 Å². The molecule has 0 saturated heterocycles. The average molecular weight is 407 g/mol. The first-order chi connectivity index (χ1) is 13.8. The highest BCUT2D eigenvalue weighted by molar-refractivity contribution is 5.98. The van der Waals surface area contributed by atoms with Crippen LogP contribution in [-0.4, -0.2) is 30.2 Å². The normalized spacial score (nSPS) is 14.4. The molecule has 0 spiro atoms. The number of rotatable bonds is 7. The number of likely N-dealkylation sites (N-methyl/N-ethyl adjacent to an activating group) is 1. The minimum absolute atomic E-state index is 0.0778. The van der Waals surface area contributed by atoms with Crippen molar-refractivity contribution in [3.63, 3.8) is 0 Å². The molecule has 10 heteroatoms. The van der Waals surface area contributed by atoms with Crippen molar-refractivity contribution in [2.75, 3.05) is 13.7 Å². The van der Waals surface area contributed by atoms with Gasteiger partial charge in [-0.1, -0.05) is 17.3 Å². The van der Waals surface area contributed by atoms with Gasteiger partial charge in [0.2, 0.25) is 0 Å². The quantitative estimate of drug-likeness (QED) is 0.545. The summed E-state index contributed by atoms with van der Waals surface area (Å²) in [5.41, 5.74) is 6.80. The van der Waals surface area contributed by atoms with Crippen LogP contribution in [-0.2, 0) is 17.6 Å². The maximum atomic E-state index is 12.6. The summed E-state index contributed by atoms with van der Waals surface area (Å²) in [4.78, 5) is 5.26. The Labute approximate surface area is 165 Å². The zero-order valence-corrected chi connectivity index (χ0v) is 15.8. The molecule has 1 aliphatic heterocycles. The Kier molecular flexibility index (Phi) is 6.23. The Morgan fingerprint density at radius 3 is 2.34 bits per heavy atom. The topological polar surface area (TPSA) is 70.5 Å². The van der Waals surface area contributed by atoms with E-state index in [4.69, 9.17) is 9.57 Å².